The predicted octanol–water partition coefficient (Wildman–Crippen LogP) is 3.99. The highest BCUT2D eigenvalue weighted by atomic mass is 35.5. The average Bonchev–Trinajstić information content (AvgIpc) is 3.16. The van der Waals surface area contributed by atoms with Crippen molar-refractivity contribution in [1.29, 1.82) is 0 Å². The monoisotopic (exact) mass is 380 g/mol. The third-order valence-electron chi connectivity index (χ3n) is 3.92. The van der Waals surface area contributed by atoms with E-state index in [2.05, 4.69) is 5.10 Å². The summed E-state index contributed by atoms with van der Waals surface area (Å²) in [7, 11) is 0. The van der Waals surface area contributed by atoms with Crippen LogP contribution in [0.2, 0.25) is 5.02 Å². The van der Waals surface area contributed by atoms with E-state index in [1.807, 2.05) is 30.3 Å². The number of benzene rings is 2. The summed E-state index contributed by atoms with van der Waals surface area (Å²) in [5.74, 6) is -0.887. The summed E-state index contributed by atoms with van der Waals surface area (Å²) in [5.41, 5.74) is 1.52. The SMILES string of the molecule is O=C(OCc1cnn(-c2ccccc2)c1)c1cc(=O)c2cc(Cl)ccc2o1. The molecular formula is C20H13ClN2O4. The van der Waals surface area contributed by atoms with Gasteiger partial charge in [-0.3, -0.25) is 4.79 Å². The topological polar surface area (TPSA) is 74.3 Å². The fraction of sp³-hybridized carbons (Fsp3) is 0.0500. The van der Waals surface area contributed by atoms with E-state index in [1.165, 1.54) is 6.07 Å². The first kappa shape index (κ1) is 17.1. The second-order valence-corrected chi connectivity index (χ2v) is 6.26. The Morgan fingerprint density at radius 3 is 2.78 bits per heavy atom. The number of nitrogens with zero attached hydrogens (tertiary/aromatic N) is 2. The Labute approximate surface area is 158 Å². The van der Waals surface area contributed by atoms with E-state index in [0.29, 0.717) is 16.0 Å². The highest BCUT2D eigenvalue weighted by Gasteiger charge is 2.15. The molecule has 6 nitrogen and oxygen atoms in total. The zero-order valence-electron chi connectivity index (χ0n) is 14.0. The fourth-order valence-electron chi connectivity index (χ4n) is 2.61. The highest BCUT2D eigenvalue weighted by molar-refractivity contribution is 6.31. The molecular weight excluding hydrogens is 368 g/mol. The normalized spacial score (nSPS) is 10.9. The van der Waals surface area contributed by atoms with Crippen LogP contribution in [0.4, 0.5) is 0 Å². The quantitative estimate of drug-likeness (QED) is 0.500. The van der Waals surface area contributed by atoms with Gasteiger partial charge in [-0.25, -0.2) is 9.48 Å². The van der Waals surface area contributed by atoms with Gasteiger partial charge in [-0.2, -0.15) is 5.10 Å². The second kappa shape index (κ2) is 7.09. The first-order chi connectivity index (χ1) is 13.1. The van der Waals surface area contributed by atoms with Gasteiger partial charge in [0.05, 0.1) is 17.3 Å². The third kappa shape index (κ3) is 3.61. The molecule has 0 N–H and O–H groups in total. The molecule has 0 spiro atoms. The summed E-state index contributed by atoms with van der Waals surface area (Å²) in [6.45, 7) is 0.00797. The number of halogens is 1. The van der Waals surface area contributed by atoms with Crippen molar-refractivity contribution in [2.75, 3.05) is 0 Å². The molecule has 0 atom stereocenters. The minimum atomic E-state index is -0.726. The first-order valence-electron chi connectivity index (χ1n) is 8.10. The molecule has 134 valence electrons. The smallest absolute Gasteiger partial charge is 0.374 e. The Hall–Kier alpha value is -3.38. The van der Waals surface area contributed by atoms with Gasteiger partial charge in [0, 0.05) is 22.8 Å². The number of aromatic nitrogens is 2. The molecule has 4 rings (SSSR count). The minimum Gasteiger partial charge on any atom is -0.455 e. The van der Waals surface area contributed by atoms with Crippen molar-refractivity contribution < 1.29 is 13.9 Å². The van der Waals surface area contributed by atoms with Crippen molar-refractivity contribution >= 4 is 28.5 Å². The maximum absolute atomic E-state index is 12.2. The molecule has 0 aliphatic rings. The summed E-state index contributed by atoms with van der Waals surface area (Å²) in [5, 5.41) is 4.97. The number of rotatable bonds is 4. The molecule has 27 heavy (non-hydrogen) atoms. The van der Waals surface area contributed by atoms with Crippen molar-refractivity contribution in [3.63, 3.8) is 0 Å². The van der Waals surface area contributed by atoms with Crippen LogP contribution in [0.5, 0.6) is 0 Å². The second-order valence-electron chi connectivity index (χ2n) is 5.82. The Bertz CT molecular complexity index is 1180. The van der Waals surface area contributed by atoms with Crippen LogP contribution >= 0.6 is 11.6 Å². The lowest BCUT2D eigenvalue weighted by molar-refractivity contribution is 0.0436. The standard InChI is InChI=1S/C20H13ClN2O4/c21-14-6-7-18-16(8-14)17(24)9-19(27-18)20(25)26-12-13-10-22-23(11-13)15-4-2-1-3-5-15/h1-11H,12H2. The largest absolute Gasteiger partial charge is 0.455 e. The molecule has 0 amide bonds. The summed E-state index contributed by atoms with van der Waals surface area (Å²) >= 11 is 5.88. The predicted molar refractivity (Wildman–Crippen MR) is 100 cm³/mol. The van der Waals surface area contributed by atoms with E-state index in [1.54, 1.807) is 29.2 Å². The van der Waals surface area contributed by atoms with E-state index in [4.69, 9.17) is 20.8 Å². The lowest BCUT2D eigenvalue weighted by atomic mass is 10.2. The molecule has 0 radical (unpaired) electrons. The minimum absolute atomic E-state index is 0.00797. The van der Waals surface area contributed by atoms with Gasteiger partial charge < -0.3 is 9.15 Å². The van der Waals surface area contributed by atoms with Crippen LogP contribution in [0.1, 0.15) is 16.1 Å². The third-order valence-corrected chi connectivity index (χ3v) is 4.15. The molecule has 0 aliphatic heterocycles. The molecule has 4 aromatic rings. The van der Waals surface area contributed by atoms with E-state index < -0.39 is 5.97 Å². The molecule has 2 aromatic carbocycles. The number of carbonyl (C=O) groups excluding carboxylic acids is 1. The van der Waals surface area contributed by atoms with Crippen LogP contribution in [0, 0.1) is 0 Å². The lowest BCUT2D eigenvalue weighted by Crippen LogP contribution is -2.10. The molecule has 2 heterocycles. The number of fused-ring (bicyclic) bond motifs is 1. The molecule has 0 bridgehead atoms. The van der Waals surface area contributed by atoms with Gasteiger partial charge in [0.15, 0.2) is 5.43 Å². The molecule has 2 aromatic heterocycles. The number of hydrogen-bond acceptors (Lipinski definition) is 5. The van der Waals surface area contributed by atoms with Gasteiger partial charge in [-0.05, 0) is 30.3 Å². The van der Waals surface area contributed by atoms with Gasteiger partial charge in [0.25, 0.3) is 0 Å². The van der Waals surface area contributed by atoms with Crippen LogP contribution < -0.4 is 5.43 Å². The van der Waals surface area contributed by atoms with Gasteiger partial charge in [0.2, 0.25) is 5.76 Å². The van der Waals surface area contributed by atoms with E-state index in [0.717, 1.165) is 11.8 Å². The molecule has 0 fully saturated rings. The van der Waals surface area contributed by atoms with Gasteiger partial charge in [-0.1, -0.05) is 29.8 Å². The lowest BCUT2D eigenvalue weighted by Gasteiger charge is -2.04. The zero-order chi connectivity index (χ0) is 18.8. The average molecular weight is 381 g/mol. The maximum Gasteiger partial charge on any atom is 0.374 e. The number of ether oxygens (including phenoxy) is 1. The van der Waals surface area contributed by atoms with Crippen molar-refractivity contribution in [2.24, 2.45) is 0 Å². The van der Waals surface area contributed by atoms with Crippen molar-refractivity contribution in [3.8, 4) is 5.69 Å². The van der Waals surface area contributed by atoms with Crippen LogP contribution in [0.3, 0.4) is 0 Å². The number of esters is 1. The number of carbonyl (C=O) groups is 1. The molecule has 0 unspecified atom stereocenters. The molecule has 7 heteroatoms. The van der Waals surface area contributed by atoms with Crippen LogP contribution in [-0.4, -0.2) is 15.7 Å². The number of para-hydroxylation sites is 1. The van der Waals surface area contributed by atoms with Crippen LogP contribution in [0.15, 0.2) is 76.2 Å². The Morgan fingerprint density at radius 1 is 1.15 bits per heavy atom. The Balaban J connectivity index is 1.50. The number of hydrogen-bond donors (Lipinski definition) is 0. The fourth-order valence-corrected chi connectivity index (χ4v) is 2.78. The maximum atomic E-state index is 12.2. The van der Waals surface area contributed by atoms with E-state index in [9.17, 15) is 9.59 Å². The van der Waals surface area contributed by atoms with Crippen molar-refractivity contribution in [3.05, 3.63) is 93.6 Å². The van der Waals surface area contributed by atoms with Crippen molar-refractivity contribution in [1.82, 2.24) is 9.78 Å². The van der Waals surface area contributed by atoms with E-state index >= 15 is 0 Å². The van der Waals surface area contributed by atoms with Gasteiger partial charge >= 0.3 is 5.97 Å². The Morgan fingerprint density at radius 2 is 1.96 bits per heavy atom. The van der Waals surface area contributed by atoms with Gasteiger partial charge in [-0.15, -0.1) is 0 Å². The van der Waals surface area contributed by atoms with E-state index in [-0.39, 0.29) is 23.4 Å². The summed E-state index contributed by atoms with van der Waals surface area (Å²) in [6, 6.07) is 15.3. The molecule has 0 saturated heterocycles. The summed E-state index contributed by atoms with van der Waals surface area (Å²) in [6.07, 6.45) is 3.38. The molecule has 0 saturated carbocycles. The summed E-state index contributed by atoms with van der Waals surface area (Å²) in [4.78, 5) is 24.4. The van der Waals surface area contributed by atoms with Crippen molar-refractivity contribution in [2.45, 2.75) is 6.61 Å². The van der Waals surface area contributed by atoms with Gasteiger partial charge in [0.1, 0.15) is 12.2 Å². The first-order valence-corrected chi connectivity index (χ1v) is 8.47. The molecule has 0 aliphatic carbocycles. The zero-order valence-corrected chi connectivity index (χ0v) is 14.7. The Kier molecular flexibility index (Phi) is 4.48. The summed E-state index contributed by atoms with van der Waals surface area (Å²) < 4.78 is 12.4. The highest BCUT2D eigenvalue weighted by Crippen LogP contribution is 2.18. The van der Waals surface area contributed by atoms with Crippen LogP contribution in [0.25, 0.3) is 16.7 Å². The van der Waals surface area contributed by atoms with Crippen LogP contribution in [-0.2, 0) is 11.3 Å².